The summed E-state index contributed by atoms with van der Waals surface area (Å²) in [7, 11) is 0. The number of hydrogen-bond acceptors (Lipinski definition) is 0. The summed E-state index contributed by atoms with van der Waals surface area (Å²) in [6, 6.07) is 22.7. The van der Waals surface area contributed by atoms with Crippen molar-refractivity contribution < 1.29 is 28.5 Å². The second kappa shape index (κ2) is 12.6. The number of aromatic nitrogens is 2. The first-order valence-corrected chi connectivity index (χ1v) is 14.0. The lowest BCUT2D eigenvalue weighted by Gasteiger charge is -2.20. The Hall–Kier alpha value is -2.40. The standard InChI is InChI=1S/C35H45N2.HI/c1-23(2)29-12-10-13-30(24(3)4)34(29)36-20-21-37(33(36)22-28-18-16-27(9)17-19-28)35-31(25(5)6)14-11-15-32(35)26(7)8;/h10-21,23-26H,22H2,1-9H3;1H/q+1;/p-1. The van der Waals surface area contributed by atoms with E-state index in [1.807, 2.05) is 0 Å². The molecule has 3 heteroatoms. The highest BCUT2D eigenvalue weighted by Crippen LogP contribution is 2.34. The molecular weight excluding hydrogens is 575 g/mol. The van der Waals surface area contributed by atoms with Gasteiger partial charge in [-0.3, -0.25) is 0 Å². The minimum Gasteiger partial charge on any atom is -1.00 e. The Morgan fingerprint density at radius 2 is 1.08 bits per heavy atom. The molecular formula is C35H45IN2. The molecule has 4 aromatic rings. The number of imidazole rings is 1. The van der Waals surface area contributed by atoms with Gasteiger partial charge in [0.15, 0.2) is 0 Å². The van der Waals surface area contributed by atoms with Gasteiger partial charge in [-0.2, -0.15) is 9.13 Å². The summed E-state index contributed by atoms with van der Waals surface area (Å²) in [6.07, 6.45) is 5.47. The van der Waals surface area contributed by atoms with Gasteiger partial charge in [0.1, 0.15) is 23.8 Å². The predicted octanol–water partition coefficient (Wildman–Crippen LogP) is 6.15. The van der Waals surface area contributed by atoms with Crippen LogP contribution in [0.4, 0.5) is 0 Å². The quantitative estimate of drug-likeness (QED) is 0.165. The average Bonchev–Trinajstić information content (AvgIpc) is 3.26. The van der Waals surface area contributed by atoms with Gasteiger partial charge in [0.25, 0.3) is 5.82 Å². The third-order valence-corrected chi connectivity index (χ3v) is 7.57. The molecule has 202 valence electrons. The zero-order valence-corrected chi connectivity index (χ0v) is 26.9. The number of rotatable bonds is 8. The van der Waals surface area contributed by atoms with Gasteiger partial charge < -0.3 is 24.0 Å². The monoisotopic (exact) mass is 620 g/mol. The van der Waals surface area contributed by atoms with Crippen molar-refractivity contribution in [3.8, 4) is 11.4 Å². The fourth-order valence-electron chi connectivity index (χ4n) is 5.47. The van der Waals surface area contributed by atoms with E-state index in [1.165, 1.54) is 50.6 Å². The van der Waals surface area contributed by atoms with E-state index >= 15 is 0 Å². The average molecular weight is 621 g/mol. The Balaban J connectivity index is 0.00000400. The maximum absolute atomic E-state index is 2.49. The van der Waals surface area contributed by atoms with E-state index in [4.69, 9.17) is 0 Å². The molecule has 38 heavy (non-hydrogen) atoms. The Morgan fingerprint density at radius 3 is 1.53 bits per heavy atom. The molecule has 0 N–H and O–H groups in total. The lowest BCUT2D eigenvalue weighted by Crippen LogP contribution is -3.00. The number of hydrogen-bond donors (Lipinski definition) is 0. The molecule has 4 rings (SSSR count). The van der Waals surface area contributed by atoms with E-state index in [9.17, 15) is 0 Å². The third kappa shape index (κ3) is 6.09. The maximum atomic E-state index is 2.49. The van der Waals surface area contributed by atoms with E-state index < -0.39 is 0 Å². The summed E-state index contributed by atoms with van der Waals surface area (Å²) in [5.74, 6) is 3.04. The number of para-hydroxylation sites is 2. The summed E-state index contributed by atoms with van der Waals surface area (Å²) in [4.78, 5) is 0. The van der Waals surface area contributed by atoms with Gasteiger partial charge in [-0.05, 0) is 36.2 Å². The fraction of sp³-hybridized carbons (Fsp3) is 0.400. The number of nitrogens with zero attached hydrogens (tertiary/aromatic N) is 2. The molecule has 0 aliphatic rings. The largest absolute Gasteiger partial charge is 1.00 e. The minimum absolute atomic E-state index is 0. The molecule has 0 saturated carbocycles. The van der Waals surface area contributed by atoms with E-state index in [-0.39, 0.29) is 24.0 Å². The molecule has 1 heterocycles. The van der Waals surface area contributed by atoms with Crippen LogP contribution >= 0.6 is 0 Å². The van der Waals surface area contributed by atoms with Crippen molar-refractivity contribution in [3.05, 3.63) is 112 Å². The van der Waals surface area contributed by atoms with Crippen molar-refractivity contribution >= 4 is 0 Å². The maximum Gasteiger partial charge on any atom is 0.271 e. The molecule has 0 atom stereocenters. The minimum atomic E-state index is 0. The van der Waals surface area contributed by atoms with Crippen LogP contribution in [0.5, 0.6) is 0 Å². The van der Waals surface area contributed by atoms with E-state index in [1.54, 1.807) is 0 Å². The van der Waals surface area contributed by atoms with Crippen LogP contribution < -0.4 is 28.5 Å². The van der Waals surface area contributed by atoms with E-state index in [2.05, 4.69) is 145 Å². The number of aryl methyl sites for hydroxylation is 1. The van der Waals surface area contributed by atoms with E-state index in [0.29, 0.717) is 23.7 Å². The summed E-state index contributed by atoms with van der Waals surface area (Å²) < 4.78 is 4.98. The van der Waals surface area contributed by atoms with Crippen LogP contribution in [-0.2, 0) is 6.42 Å². The van der Waals surface area contributed by atoms with Crippen LogP contribution in [0.15, 0.2) is 73.1 Å². The van der Waals surface area contributed by atoms with Gasteiger partial charge >= 0.3 is 0 Å². The first-order valence-electron chi connectivity index (χ1n) is 14.0. The van der Waals surface area contributed by atoms with Crippen LogP contribution in [0.1, 0.15) is 118 Å². The van der Waals surface area contributed by atoms with Gasteiger partial charge in [0.2, 0.25) is 0 Å². The second-order valence-electron chi connectivity index (χ2n) is 11.8. The first kappa shape index (κ1) is 30.1. The molecule has 0 fully saturated rings. The summed E-state index contributed by atoms with van der Waals surface area (Å²) in [5, 5.41) is 0. The first-order chi connectivity index (χ1) is 17.6. The summed E-state index contributed by atoms with van der Waals surface area (Å²) >= 11 is 0. The van der Waals surface area contributed by atoms with Crippen LogP contribution in [0.2, 0.25) is 0 Å². The Kier molecular flexibility index (Phi) is 10.0. The van der Waals surface area contributed by atoms with Crippen molar-refractivity contribution in [3.63, 3.8) is 0 Å². The van der Waals surface area contributed by atoms with Crippen molar-refractivity contribution in [2.45, 2.75) is 92.4 Å². The molecule has 0 amide bonds. The normalized spacial score (nSPS) is 11.6. The number of halogens is 1. The van der Waals surface area contributed by atoms with Crippen LogP contribution in [0, 0.1) is 6.92 Å². The predicted molar refractivity (Wildman–Crippen MR) is 158 cm³/mol. The Bertz CT molecular complexity index is 1220. The van der Waals surface area contributed by atoms with Gasteiger partial charge in [-0.1, -0.05) is 122 Å². The second-order valence-corrected chi connectivity index (χ2v) is 11.8. The van der Waals surface area contributed by atoms with Crippen molar-refractivity contribution in [2.24, 2.45) is 0 Å². The van der Waals surface area contributed by atoms with E-state index in [0.717, 1.165) is 6.42 Å². The summed E-state index contributed by atoms with van der Waals surface area (Å²) in [6.45, 7) is 20.6. The van der Waals surface area contributed by atoms with Gasteiger partial charge in [0.05, 0.1) is 6.42 Å². The van der Waals surface area contributed by atoms with Gasteiger partial charge in [-0.15, -0.1) is 0 Å². The SMILES string of the molecule is Cc1ccc(Cc2n(-c3c(C(C)C)cccc3C(C)C)cc[n+]2-c2c(C(C)C)cccc2C(C)C)cc1.[I-]. The van der Waals surface area contributed by atoms with Crippen molar-refractivity contribution in [1.29, 1.82) is 0 Å². The molecule has 0 saturated heterocycles. The van der Waals surface area contributed by atoms with Gasteiger partial charge in [-0.25, -0.2) is 0 Å². The molecule has 2 nitrogen and oxygen atoms in total. The molecule has 0 unspecified atom stereocenters. The molecule has 1 aromatic heterocycles. The van der Waals surface area contributed by atoms with Crippen LogP contribution in [0.25, 0.3) is 11.4 Å². The highest BCUT2D eigenvalue weighted by atomic mass is 127. The molecule has 3 aromatic carbocycles. The lowest BCUT2D eigenvalue weighted by atomic mass is 9.92. The Morgan fingerprint density at radius 1 is 0.632 bits per heavy atom. The smallest absolute Gasteiger partial charge is 0.271 e. The lowest BCUT2D eigenvalue weighted by molar-refractivity contribution is -0.604. The molecule has 0 aliphatic carbocycles. The van der Waals surface area contributed by atoms with Crippen molar-refractivity contribution in [1.82, 2.24) is 4.57 Å². The molecule has 0 spiro atoms. The summed E-state index contributed by atoms with van der Waals surface area (Å²) in [5.41, 5.74) is 10.9. The van der Waals surface area contributed by atoms with Gasteiger partial charge in [0, 0.05) is 22.3 Å². The molecule has 0 bridgehead atoms. The van der Waals surface area contributed by atoms with Crippen molar-refractivity contribution in [2.75, 3.05) is 0 Å². The zero-order valence-electron chi connectivity index (χ0n) is 24.7. The highest BCUT2D eigenvalue weighted by Gasteiger charge is 2.29. The van der Waals surface area contributed by atoms with Crippen LogP contribution in [-0.4, -0.2) is 4.57 Å². The Labute approximate surface area is 248 Å². The van der Waals surface area contributed by atoms with Crippen LogP contribution in [0.3, 0.4) is 0 Å². The highest BCUT2D eigenvalue weighted by molar-refractivity contribution is 5.52. The number of benzene rings is 3. The fourth-order valence-corrected chi connectivity index (χ4v) is 5.47. The molecule has 0 radical (unpaired) electrons. The third-order valence-electron chi connectivity index (χ3n) is 7.57. The molecule has 0 aliphatic heterocycles. The topological polar surface area (TPSA) is 8.81 Å². The zero-order chi connectivity index (χ0) is 26.9.